The highest BCUT2D eigenvalue weighted by molar-refractivity contribution is 7.49. The summed E-state index contributed by atoms with van der Waals surface area (Å²) in [5.74, 6) is -6.15. The predicted molar refractivity (Wildman–Crippen MR) is 109 cm³/mol. The Balaban J connectivity index is 2.07. The molecule has 0 radical (unpaired) electrons. The summed E-state index contributed by atoms with van der Waals surface area (Å²) in [5.41, 5.74) is -0.753. The molecule has 13 heteroatoms. The maximum atomic E-state index is 15.0. The van der Waals surface area contributed by atoms with Crippen molar-refractivity contribution < 1.29 is 53.6 Å². The van der Waals surface area contributed by atoms with Crippen LogP contribution in [0.1, 0.15) is 11.7 Å². The highest BCUT2D eigenvalue weighted by Crippen LogP contribution is 2.58. The van der Waals surface area contributed by atoms with Gasteiger partial charge in [-0.05, 0) is 29.8 Å². The second-order valence-corrected chi connectivity index (χ2v) is 8.31. The first kappa shape index (κ1) is 26.5. The molecule has 188 valence electrons. The second-order valence-electron chi connectivity index (χ2n) is 6.84. The lowest BCUT2D eigenvalue weighted by atomic mass is 10.0. The Kier molecular flexibility index (Phi) is 7.78. The fourth-order valence-electron chi connectivity index (χ4n) is 2.74. The van der Waals surface area contributed by atoms with Gasteiger partial charge in [-0.25, -0.2) is 9.30 Å². The average Bonchev–Trinajstić information content (AvgIpc) is 2.77. The Morgan fingerprint density at radius 2 is 1.03 bits per heavy atom. The van der Waals surface area contributed by atoms with Gasteiger partial charge < -0.3 is 9.05 Å². The highest BCUT2D eigenvalue weighted by atomic mass is 31.2. The van der Waals surface area contributed by atoms with E-state index in [2.05, 4.69) is 4.74 Å². The zero-order valence-corrected chi connectivity index (χ0v) is 18.3. The van der Waals surface area contributed by atoms with Gasteiger partial charge >= 0.3 is 26.2 Å². The predicted octanol–water partition coefficient (Wildman–Crippen LogP) is 7.77. The van der Waals surface area contributed by atoms with E-state index in [0.717, 1.165) is 24.3 Å². The van der Waals surface area contributed by atoms with Gasteiger partial charge in [-0.1, -0.05) is 66.7 Å². The maximum Gasteiger partial charge on any atom is 0.588 e. The van der Waals surface area contributed by atoms with Crippen LogP contribution in [0.15, 0.2) is 91.0 Å². The van der Waals surface area contributed by atoms with Crippen molar-refractivity contribution in [3.05, 3.63) is 96.6 Å². The lowest BCUT2D eigenvalue weighted by Gasteiger charge is -2.34. The van der Waals surface area contributed by atoms with Crippen LogP contribution in [0.2, 0.25) is 0 Å². The summed E-state index contributed by atoms with van der Waals surface area (Å²) in [7, 11) is -5.25. The molecule has 3 aromatic carbocycles. The number of hydrogen-bond donors (Lipinski definition) is 0. The number of para-hydroxylation sites is 2. The Bertz CT molecular complexity index is 1080. The third-order valence-electron chi connectivity index (χ3n) is 4.22. The Morgan fingerprint density at radius 1 is 0.629 bits per heavy atom. The molecule has 0 amide bonds. The van der Waals surface area contributed by atoms with E-state index in [4.69, 9.17) is 13.6 Å². The van der Waals surface area contributed by atoms with Gasteiger partial charge in [-0.15, -0.1) is 13.2 Å². The lowest BCUT2D eigenvalue weighted by molar-refractivity contribution is -0.473. The molecule has 3 rings (SSSR count). The Labute approximate surface area is 194 Å². The first-order valence-electron chi connectivity index (χ1n) is 9.66. The van der Waals surface area contributed by atoms with Crippen LogP contribution in [0.25, 0.3) is 0 Å². The number of hydrogen-bond acceptors (Lipinski definition) is 5. The molecule has 0 heterocycles. The van der Waals surface area contributed by atoms with Gasteiger partial charge in [0.25, 0.3) is 0 Å². The molecule has 0 aliphatic heterocycles. The third-order valence-corrected chi connectivity index (χ3v) is 5.56. The second kappa shape index (κ2) is 10.3. The summed E-state index contributed by atoms with van der Waals surface area (Å²) in [4.78, 5) is 0. The molecule has 0 saturated heterocycles. The van der Waals surface area contributed by atoms with E-state index in [9.17, 15) is 35.3 Å². The van der Waals surface area contributed by atoms with Crippen LogP contribution in [-0.2, 0) is 13.8 Å². The van der Waals surface area contributed by atoms with Crippen LogP contribution in [0.4, 0.5) is 30.7 Å². The normalized spacial score (nSPS) is 13.8. The summed E-state index contributed by atoms with van der Waals surface area (Å²) in [6, 6.07) is 19.0. The SMILES string of the molecule is O=P(Oc1ccccc1)(Oc1ccccc1)O[C@H](c1ccccc1)C(F)(F)C(F)(F)OC(F)(F)F. The molecule has 0 saturated carbocycles. The molecule has 0 aliphatic rings. The van der Waals surface area contributed by atoms with Crippen molar-refractivity contribution in [3.8, 4) is 11.5 Å². The summed E-state index contributed by atoms with van der Waals surface area (Å²) in [6.07, 6.45) is -15.5. The van der Waals surface area contributed by atoms with Crippen LogP contribution in [0, 0.1) is 0 Å². The molecule has 0 aromatic heterocycles. The summed E-state index contributed by atoms with van der Waals surface area (Å²) in [5, 5.41) is 0. The van der Waals surface area contributed by atoms with E-state index in [0.29, 0.717) is 0 Å². The first-order valence-corrected chi connectivity index (χ1v) is 11.1. The van der Waals surface area contributed by atoms with Gasteiger partial charge in [0, 0.05) is 0 Å². The zero-order chi connectivity index (χ0) is 25.7. The maximum absolute atomic E-state index is 15.0. The number of phosphoric ester groups is 1. The molecule has 0 N–H and O–H groups in total. The van der Waals surface area contributed by atoms with E-state index < -0.39 is 37.9 Å². The summed E-state index contributed by atoms with van der Waals surface area (Å²) < 4.78 is 127. The fourth-order valence-corrected chi connectivity index (χ4v) is 4.14. The van der Waals surface area contributed by atoms with Crippen molar-refractivity contribution in [2.45, 2.75) is 24.5 Å². The van der Waals surface area contributed by atoms with Crippen LogP contribution < -0.4 is 9.05 Å². The minimum atomic E-state index is -6.13. The van der Waals surface area contributed by atoms with Crippen LogP contribution in [0.3, 0.4) is 0 Å². The monoisotopic (exact) mass is 524 g/mol. The molecule has 35 heavy (non-hydrogen) atoms. The van der Waals surface area contributed by atoms with Gasteiger partial charge in [-0.3, -0.25) is 4.52 Å². The molecule has 3 aromatic rings. The summed E-state index contributed by atoms with van der Waals surface area (Å²) in [6.45, 7) is 0. The number of halogens is 7. The largest absolute Gasteiger partial charge is 0.588 e. The zero-order valence-electron chi connectivity index (χ0n) is 17.4. The minimum Gasteiger partial charge on any atom is -0.395 e. The molecule has 5 nitrogen and oxygen atoms in total. The molecule has 0 spiro atoms. The van der Waals surface area contributed by atoms with E-state index in [1.54, 1.807) is 0 Å². The van der Waals surface area contributed by atoms with Gasteiger partial charge in [-0.2, -0.15) is 17.6 Å². The molecule has 1 atom stereocenters. The Hall–Kier alpha value is -3.08. The molecular formula is C22H16F7O5P. The van der Waals surface area contributed by atoms with Crippen molar-refractivity contribution >= 4 is 7.82 Å². The molecular weight excluding hydrogens is 508 g/mol. The van der Waals surface area contributed by atoms with Crippen molar-refractivity contribution in [2.75, 3.05) is 0 Å². The quantitative estimate of drug-likeness (QED) is 0.200. The molecule has 0 fully saturated rings. The Morgan fingerprint density at radius 3 is 1.43 bits per heavy atom. The van der Waals surface area contributed by atoms with E-state index in [-0.39, 0.29) is 11.5 Å². The molecule has 0 unspecified atom stereocenters. The molecule has 0 bridgehead atoms. The van der Waals surface area contributed by atoms with E-state index in [1.165, 1.54) is 66.7 Å². The van der Waals surface area contributed by atoms with Crippen molar-refractivity contribution in [1.29, 1.82) is 0 Å². The topological polar surface area (TPSA) is 54.0 Å². The third kappa shape index (κ3) is 6.97. The highest BCUT2D eigenvalue weighted by Gasteiger charge is 2.69. The van der Waals surface area contributed by atoms with Gasteiger partial charge in [0.1, 0.15) is 11.5 Å². The van der Waals surface area contributed by atoms with Crippen molar-refractivity contribution in [3.63, 3.8) is 0 Å². The first-order chi connectivity index (χ1) is 16.3. The minimum absolute atomic E-state index is 0.222. The van der Waals surface area contributed by atoms with Gasteiger partial charge in [0.2, 0.25) is 0 Å². The van der Waals surface area contributed by atoms with Crippen LogP contribution >= 0.6 is 7.82 Å². The molecule has 0 aliphatic carbocycles. The van der Waals surface area contributed by atoms with Crippen molar-refractivity contribution in [2.24, 2.45) is 0 Å². The standard InChI is InChI=1S/C22H16F7O5P/c23-20(24,21(25,26)34-22(27,28)29)19(16-10-4-1-5-11-16)33-35(30,31-17-12-6-2-7-13-17)32-18-14-8-3-9-15-18/h1-15,19H/t19-/m1/s1. The fraction of sp³-hybridized carbons (Fsp3) is 0.182. The smallest absolute Gasteiger partial charge is 0.395 e. The summed E-state index contributed by atoms with van der Waals surface area (Å²) >= 11 is 0. The van der Waals surface area contributed by atoms with Gasteiger partial charge in [0.15, 0.2) is 6.10 Å². The van der Waals surface area contributed by atoms with Crippen LogP contribution in [-0.4, -0.2) is 18.4 Å². The number of benzene rings is 3. The van der Waals surface area contributed by atoms with Crippen molar-refractivity contribution in [1.82, 2.24) is 0 Å². The lowest BCUT2D eigenvalue weighted by Crippen LogP contribution is -2.50. The number of alkyl halides is 7. The van der Waals surface area contributed by atoms with E-state index in [1.807, 2.05) is 0 Å². The van der Waals surface area contributed by atoms with E-state index >= 15 is 0 Å². The number of phosphoric acid groups is 1. The van der Waals surface area contributed by atoms with Crippen LogP contribution in [0.5, 0.6) is 11.5 Å². The van der Waals surface area contributed by atoms with Gasteiger partial charge in [0.05, 0.1) is 0 Å². The number of ether oxygens (including phenoxy) is 1. The average molecular weight is 524 g/mol. The number of rotatable bonds is 10.